The minimum Gasteiger partial charge on any atom is -0.405 e. The first-order valence-electron chi connectivity index (χ1n) is 13.5. The third kappa shape index (κ3) is 7.99. The molecule has 0 saturated heterocycles. The Kier molecular flexibility index (Phi) is 14.8. The zero-order chi connectivity index (χ0) is 31.4. The molecule has 1 unspecified atom stereocenters. The molecule has 0 spiro atoms. The summed E-state index contributed by atoms with van der Waals surface area (Å²) < 4.78 is 14.1. The van der Waals surface area contributed by atoms with Crippen molar-refractivity contribution in [3.05, 3.63) is 78.0 Å². The van der Waals surface area contributed by atoms with Crippen molar-refractivity contribution in [1.29, 1.82) is 0 Å². The molecule has 1 aliphatic rings. The molecule has 11 heteroatoms. The molecule has 8 nitrogen and oxygen atoms in total. The molecular formula is C30H46FN7OS2. The number of nitrogens with zero attached hydrogens (tertiary/aromatic N) is 5. The van der Waals surface area contributed by atoms with Gasteiger partial charge in [-0.15, -0.1) is 4.80 Å². The number of fused-ring (bicyclic) bond motifs is 1. The van der Waals surface area contributed by atoms with Crippen LogP contribution in [-0.2, 0) is 6.42 Å². The van der Waals surface area contributed by atoms with Gasteiger partial charge in [-0.25, -0.2) is 9.18 Å². The molecule has 1 aliphatic heterocycles. The second-order valence-corrected chi connectivity index (χ2v) is 10.5. The van der Waals surface area contributed by atoms with Gasteiger partial charge in [0.05, 0.1) is 12.4 Å². The summed E-state index contributed by atoms with van der Waals surface area (Å²) in [6.45, 7) is 20.3. The summed E-state index contributed by atoms with van der Waals surface area (Å²) in [7, 11) is 1.50. The van der Waals surface area contributed by atoms with Crippen molar-refractivity contribution in [1.82, 2.24) is 19.9 Å². The maximum Gasteiger partial charge on any atom is 0.329 e. The number of urea groups is 1. The van der Waals surface area contributed by atoms with Crippen molar-refractivity contribution in [2.24, 2.45) is 17.4 Å². The summed E-state index contributed by atoms with van der Waals surface area (Å²) >= 11 is 5.02. The van der Waals surface area contributed by atoms with E-state index in [0.29, 0.717) is 12.2 Å². The molecule has 2 aromatic heterocycles. The van der Waals surface area contributed by atoms with Crippen molar-refractivity contribution < 1.29 is 9.18 Å². The predicted octanol–water partition coefficient (Wildman–Crippen LogP) is 6.61. The second-order valence-electron chi connectivity index (χ2n) is 9.56. The van der Waals surface area contributed by atoms with E-state index in [0.717, 1.165) is 38.7 Å². The maximum absolute atomic E-state index is 14.1. The van der Waals surface area contributed by atoms with Crippen molar-refractivity contribution in [3.8, 4) is 5.00 Å². The van der Waals surface area contributed by atoms with E-state index < -0.39 is 0 Å². The lowest BCUT2D eigenvalue weighted by Crippen LogP contribution is -2.51. The van der Waals surface area contributed by atoms with Crippen LogP contribution < -0.4 is 16.4 Å². The smallest absolute Gasteiger partial charge is 0.329 e. The third-order valence-electron chi connectivity index (χ3n) is 6.81. The molecule has 0 fully saturated rings. The molecule has 4 N–H and O–H groups in total. The van der Waals surface area contributed by atoms with E-state index in [9.17, 15) is 9.18 Å². The molecule has 0 bridgehead atoms. The Bertz CT molecular complexity index is 1270. The van der Waals surface area contributed by atoms with Crippen molar-refractivity contribution >= 4 is 40.7 Å². The third-order valence-corrected chi connectivity index (χ3v) is 8.09. The summed E-state index contributed by atoms with van der Waals surface area (Å²) in [6.07, 6.45) is 7.03. The molecule has 4 rings (SSSR count). The number of nitrogens with two attached hydrogens (primary N) is 2. The standard InChI is InChI=1S/C26H32FN5OS.C2H5N.CH5N.CH4S/c1-8-20-9-10-21(27)13-22(20)16(4)14-30-25-23(17(5)24(34-25)32-28-11-12-29-32)19(7)31(26(30)33)18(6)15(2)3;1-2-3;2*1-2/h9-13,15-16,18H,7-8,14H2,1-6H3;2H,1,3H2;2H2,1H3;2H,1H3/t16-,18?;;;/m0.../s1. The highest BCUT2D eigenvalue weighted by Crippen LogP contribution is 2.47. The average molecular weight is 604 g/mol. The lowest BCUT2D eigenvalue weighted by atomic mass is 9.93. The van der Waals surface area contributed by atoms with Gasteiger partial charge in [0.2, 0.25) is 0 Å². The number of aromatic nitrogens is 3. The molecule has 0 aliphatic carbocycles. The van der Waals surface area contributed by atoms with Gasteiger partial charge in [-0.2, -0.15) is 22.8 Å². The predicted molar refractivity (Wildman–Crippen MR) is 175 cm³/mol. The molecule has 1 aromatic carbocycles. The van der Waals surface area contributed by atoms with E-state index in [1.165, 1.54) is 30.7 Å². The molecule has 3 heterocycles. The number of hydrogen-bond acceptors (Lipinski definition) is 7. The lowest BCUT2D eigenvalue weighted by molar-refractivity contribution is 0.200. The van der Waals surface area contributed by atoms with Gasteiger partial charge >= 0.3 is 6.03 Å². The normalized spacial score (nSPS) is 13.7. The summed E-state index contributed by atoms with van der Waals surface area (Å²) in [6, 6.07) is 4.82. The number of hydrogen-bond donors (Lipinski definition) is 3. The Balaban J connectivity index is 0.00000110. The molecule has 2 amide bonds. The summed E-state index contributed by atoms with van der Waals surface area (Å²) in [5.74, 6) is -0.0616. The van der Waals surface area contributed by atoms with Gasteiger partial charge in [-0.05, 0) is 80.4 Å². The zero-order valence-corrected chi connectivity index (χ0v) is 27.3. The van der Waals surface area contributed by atoms with Crippen LogP contribution in [0.25, 0.3) is 10.7 Å². The van der Waals surface area contributed by atoms with Gasteiger partial charge in [0, 0.05) is 23.8 Å². The fourth-order valence-electron chi connectivity index (χ4n) is 4.58. The Morgan fingerprint density at radius 3 is 2.20 bits per heavy atom. The number of thiophene rings is 1. The number of carbonyl (C=O) groups is 1. The average Bonchev–Trinajstić information content (AvgIpc) is 3.61. The van der Waals surface area contributed by atoms with Gasteiger partial charge in [-0.1, -0.05) is 58.3 Å². The van der Waals surface area contributed by atoms with Crippen molar-refractivity contribution in [2.45, 2.75) is 59.9 Å². The van der Waals surface area contributed by atoms with E-state index >= 15 is 0 Å². The van der Waals surface area contributed by atoms with E-state index in [1.807, 2.05) is 22.8 Å². The Morgan fingerprint density at radius 2 is 1.68 bits per heavy atom. The van der Waals surface area contributed by atoms with Gasteiger partial charge in [0.25, 0.3) is 0 Å². The summed E-state index contributed by atoms with van der Waals surface area (Å²) in [5, 5.41) is 10.3. The van der Waals surface area contributed by atoms with Crippen LogP contribution in [0.1, 0.15) is 62.8 Å². The molecule has 3 aromatic rings. The van der Waals surface area contributed by atoms with Gasteiger partial charge in [0.1, 0.15) is 15.8 Å². The van der Waals surface area contributed by atoms with E-state index in [1.54, 1.807) is 29.5 Å². The minimum atomic E-state index is -0.257. The van der Waals surface area contributed by atoms with Gasteiger partial charge in [0.15, 0.2) is 0 Å². The Morgan fingerprint density at radius 1 is 1.12 bits per heavy atom. The number of amides is 2. The molecule has 41 heavy (non-hydrogen) atoms. The minimum absolute atomic E-state index is 0.0306. The lowest BCUT2D eigenvalue weighted by Gasteiger charge is -2.42. The van der Waals surface area contributed by atoms with Gasteiger partial charge < -0.3 is 11.5 Å². The molecule has 2 atom stereocenters. The first-order valence-corrected chi connectivity index (χ1v) is 15.2. The van der Waals surface area contributed by atoms with E-state index in [2.05, 4.69) is 82.1 Å². The van der Waals surface area contributed by atoms with E-state index in [4.69, 9.17) is 0 Å². The van der Waals surface area contributed by atoms with Crippen molar-refractivity contribution in [3.63, 3.8) is 0 Å². The molecule has 0 saturated carbocycles. The van der Waals surface area contributed by atoms with Crippen LogP contribution in [0.2, 0.25) is 0 Å². The quantitative estimate of drug-likeness (QED) is 0.264. The highest BCUT2D eigenvalue weighted by molar-refractivity contribution is 7.79. The van der Waals surface area contributed by atoms with Crippen LogP contribution in [0, 0.1) is 18.7 Å². The number of rotatable bonds is 7. The summed E-state index contributed by atoms with van der Waals surface area (Å²) in [5.41, 5.74) is 13.8. The highest BCUT2D eigenvalue weighted by Gasteiger charge is 2.40. The summed E-state index contributed by atoms with van der Waals surface area (Å²) in [4.78, 5) is 19.2. The van der Waals surface area contributed by atoms with Crippen molar-refractivity contribution in [2.75, 3.05) is 24.7 Å². The number of carbonyl (C=O) groups excluding carboxylic acids is 1. The number of thiol groups is 1. The number of aryl methyl sites for hydroxylation is 1. The van der Waals surface area contributed by atoms with Gasteiger partial charge in [-0.3, -0.25) is 9.80 Å². The van der Waals surface area contributed by atoms with Crippen LogP contribution >= 0.6 is 24.0 Å². The van der Waals surface area contributed by atoms with Crippen LogP contribution in [-0.4, -0.2) is 51.8 Å². The number of benzene rings is 1. The highest BCUT2D eigenvalue weighted by atomic mass is 32.1. The first-order chi connectivity index (χ1) is 19.6. The largest absolute Gasteiger partial charge is 0.405 e. The number of halogens is 1. The maximum atomic E-state index is 14.1. The van der Waals surface area contributed by atoms with E-state index in [-0.39, 0.29) is 29.7 Å². The zero-order valence-electron chi connectivity index (χ0n) is 25.6. The van der Waals surface area contributed by atoms with Crippen LogP contribution in [0.3, 0.4) is 0 Å². The first kappa shape index (κ1) is 35.9. The van der Waals surface area contributed by atoms with Crippen LogP contribution in [0.4, 0.5) is 14.2 Å². The molecule has 226 valence electrons. The fourth-order valence-corrected chi connectivity index (χ4v) is 5.83. The number of anilines is 1. The molecular weight excluding hydrogens is 558 g/mol. The van der Waals surface area contributed by atoms with Crippen LogP contribution in [0.5, 0.6) is 0 Å². The second kappa shape index (κ2) is 17.0. The Labute approximate surface area is 254 Å². The monoisotopic (exact) mass is 603 g/mol. The SMILES string of the molecule is C=C1c2c(sc(-n3nccn3)c2C)N(C[C@H](C)c2cc(F)ccc2CC)C(=O)N1C(C)C(C)C.C=CN.CN.CS. The topological polar surface area (TPSA) is 106 Å². The van der Waals surface area contributed by atoms with Crippen LogP contribution in [0.15, 0.2) is 50.0 Å². The Hall–Kier alpha value is -3.15. The molecule has 0 radical (unpaired) electrons. The fraction of sp³-hybridized carbons (Fsp3) is 0.433.